The molecule has 3 aromatic rings. The Hall–Kier alpha value is -3.69. The number of aliphatic carboxylic acids is 1. The number of anilines is 2. The van der Waals surface area contributed by atoms with Crippen molar-refractivity contribution >= 4 is 17.6 Å². The van der Waals surface area contributed by atoms with E-state index in [-0.39, 0.29) is 17.8 Å². The Morgan fingerprint density at radius 2 is 1.76 bits per heavy atom. The highest BCUT2D eigenvalue weighted by Gasteiger charge is 2.29. The first-order valence-electron chi connectivity index (χ1n) is 11.0. The number of aromatic nitrogens is 5. The van der Waals surface area contributed by atoms with Gasteiger partial charge in [-0.2, -0.15) is 0 Å². The first kappa shape index (κ1) is 21.2. The van der Waals surface area contributed by atoms with Crippen LogP contribution in [0.1, 0.15) is 37.1 Å². The van der Waals surface area contributed by atoms with Gasteiger partial charge in [0.25, 0.3) is 0 Å². The fourth-order valence-corrected chi connectivity index (χ4v) is 4.53. The fourth-order valence-electron chi connectivity index (χ4n) is 4.53. The molecule has 0 bridgehead atoms. The first-order chi connectivity index (χ1) is 16.0. The van der Waals surface area contributed by atoms with Crippen molar-refractivity contribution in [1.29, 1.82) is 0 Å². The zero-order chi connectivity index (χ0) is 22.9. The van der Waals surface area contributed by atoms with Crippen LogP contribution in [0.5, 0.6) is 0 Å². The summed E-state index contributed by atoms with van der Waals surface area (Å²) >= 11 is 0. The lowest BCUT2D eigenvalue weighted by molar-refractivity contribution is -0.142. The van der Waals surface area contributed by atoms with E-state index in [2.05, 4.69) is 24.8 Å². The number of carboxylic acids is 1. The number of hydrogen-bond acceptors (Lipinski definition) is 8. The number of hydrogen-bond donors (Lipinski definition) is 1. The second-order valence-electron chi connectivity index (χ2n) is 8.39. The normalized spacial score (nSPS) is 18.8. The zero-order valence-electron chi connectivity index (χ0n) is 18.2. The summed E-state index contributed by atoms with van der Waals surface area (Å²) in [6.07, 6.45) is 6.84. The van der Waals surface area contributed by atoms with Crippen LogP contribution < -0.4 is 9.80 Å². The molecule has 1 saturated heterocycles. The molecule has 2 aliphatic rings. The number of carboxylic acid groups (broad SMARTS) is 1. The Kier molecular flexibility index (Phi) is 5.57. The lowest BCUT2D eigenvalue weighted by Crippen LogP contribution is -2.38. The van der Waals surface area contributed by atoms with E-state index in [0.717, 1.165) is 11.3 Å². The number of pyridine rings is 1. The lowest BCUT2D eigenvalue weighted by atomic mass is 9.97. The van der Waals surface area contributed by atoms with Crippen LogP contribution in [0, 0.1) is 11.7 Å². The predicted molar refractivity (Wildman–Crippen MR) is 119 cm³/mol. The van der Waals surface area contributed by atoms with Gasteiger partial charge in [0.15, 0.2) is 11.6 Å². The fraction of sp³-hybridized carbons (Fsp3) is 0.391. The topological polar surface area (TPSA) is 108 Å². The molecule has 5 rings (SSSR count). The van der Waals surface area contributed by atoms with Crippen molar-refractivity contribution in [3.8, 4) is 11.6 Å². The van der Waals surface area contributed by atoms with Crippen molar-refractivity contribution in [3.63, 3.8) is 0 Å². The molecule has 2 aliphatic heterocycles. The van der Waals surface area contributed by atoms with Crippen LogP contribution in [0.4, 0.5) is 16.0 Å². The van der Waals surface area contributed by atoms with E-state index in [1.807, 2.05) is 11.8 Å². The van der Waals surface area contributed by atoms with Crippen molar-refractivity contribution in [2.45, 2.75) is 32.2 Å². The minimum absolute atomic E-state index is 0.0839. The van der Waals surface area contributed by atoms with E-state index in [9.17, 15) is 14.3 Å². The van der Waals surface area contributed by atoms with Gasteiger partial charge in [0, 0.05) is 62.3 Å². The molecule has 0 amide bonds. The van der Waals surface area contributed by atoms with Crippen LogP contribution in [0.2, 0.25) is 0 Å². The van der Waals surface area contributed by atoms with Crippen molar-refractivity contribution in [1.82, 2.24) is 24.9 Å². The smallest absolute Gasteiger partial charge is 0.306 e. The van der Waals surface area contributed by atoms with Crippen LogP contribution in [0.15, 0.2) is 36.8 Å². The molecule has 33 heavy (non-hydrogen) atoms. The second kappa shape index (κ2) is 8.68. The van der Waals surface area contributed by atoms with Gasteiger partial charge in [-0.15, -0.1) is 0 Å². The highest BCUT2D eigenvalue weighted by molar-refractivity contribution is 5.70. The van der Waals surface area contributed by atoms with E-state index in [1.54, 1.807) is 24.7 Å². The van der Waals surface area contributed by atoms with Gasteiger partial charge in [0.2, 0.25) is 0 Å². The molecule has 1 N–H and O–H groups in total. The molecule has 0 aliphatic carbocycles. The SMILES string of the molecule is CC1c2cnc(-c3ncccn3)nc2CCN1c1cc(F)cc(N2CCC(C(=O)O)CC2)n1. The Balaban J connectivity index is 1.38. The number of halogens is 1. The molecule has 0 spiro atoms. The molecule has 0 saturated carbocycles. The summed E-state index contributed by atoms with van der Waals surface area (Å²) in [7, 11) is 0. The number of nitrogens with zero attached hydrogens (tertiary/aromatic N) is 7. The van der Waals surface area contributed by atoms with Gasteiger partial charge in [0.1, 0.15) is 17.5 Å². The monoisotopic (exact) mass is 449 g/mol. The first-order valence-corrected chi connectivity index (χ1v) is 11.0. The Morgan fingerprint density at radius 1 is 1.03 bits per heavy atom. The Labute approximate surface area is 190 Å². The minimum Gasteiger partial charge on any atom is -0.481 e. The standard InChI is InChI=1S/C23H24FN7O2/c1-14-17-13-27-22(21-25-6-2-7-26-21)28-18(17)5-10-31(14)20-12-16(24)11-19(29-20)30-8-3-15(4-9-30)23(32)33/h2,6-7,11-15H,3-5,8-10H2,1H3,(H,32,33). The van der Waals surface area contributed by atoms with E-state index < -0.39 is 5.97 Å². The van der Waals surface area contributed by atoms with E-state index >= 15 is 0 Å². The molecule has 9 nitrogen and oxygen atoms in total. The minimum atomic E-state index is -0.771. The third kappa shape index (κ3) is 4.20. The van der Waals surface area contributed by atoms with Gasteiger partial charge in [0.05, 0.1) is 17.7 Å². The van der Waals surface area contributed by atoms with Crippen LogP contribution in [0.25, 0.3) is 11.6 Å². The zero-order valence-corrected chi connectivity index (χ0v) is 18.2. The van der Waals surface area contributed by atoms with Crippen LogP contribution in [-0.2, 0) is 11.2 Å². The summed E-state index contributed by atoms with van der Waals surface area (Å²) in [5, 5.41) is 9.23. The Bertz CT molecular complexity index is 1170. The van der Waals surface area contributed by atoms with Crippen LogP contribution >= 0.6 is 0 Å². The maximum absolute atomic E-state index is 14.6. The Morgan fingerprint density at radius 3 is 2.48 bits per heavy atom. The largest absolute Gasteiger partial charge is 0.481 e. The summed E-state index contributed by atoms with van der Waals surface area (Å²) < 4.78 is 14.6. The van der Waals surface area contributed by atoms with E-state index in [1.165, 1.54) is 12.1 Å². The molecular weight excluding hydrogens is 425 g/mol. The number of carbonyl (C=O) groups is 1. The number of rotatable bonds is 4. The maximum atomic E-state index is 14.6. The molecule has 1 unspecified atom stereocenters. The van der Waals surface area contributed by atoms with Gasteiger partial charge in [-0.25, -0.2) is 29.3 Å². The molecular formula is C23H24FN7O2. The summed E-state index contributed by atoms with van der Waals surface area (Å²) in [6.45, 7) is 3.76. The van der Waals surface area contributed by atoms with Crippen molar-refractivity contribution < 1.29 is 14.3 Å². The van der Waals surface area contributed by atoms with Gasteiger partial charge in [-0.1, -0.05) is 0 Å². The van der Waals surface area contributed by atoms with Crippen molar-refractivity contribution in [2.75, 3.05) is 29.4 Å². The molecule has 10 heteroatoms. The summed E-state index contributed by atoms with van der Waals surface area (Å²) in [4.78, 5) is 37.6. The number of piperidine rings is 1. The second-order valence-corrected chi connectivity index (χ2v) is 8.39. The van der Waals surface area contributed by atoms with Crippen LogP contribution in [0.3, 0.4) is 0 Å². The molecule has 170 valence electrons. The number of fused-ring (bicyclic) bond motifs is 1. The quantitative estimate of drug-likeness (QED) is 0.643. The molecule has 1 atom stereocenters. The summed E-state index contributed by atoms with van der Waals surface area (Å²) in [6, 6.07) is 4.53. The highest BCUT2D eigenvalue weighted by atomic mass is 19.1. The molecule has 1 fully saturated rings. The molecule has 0 radical (unpaired) electrons. The predicted octanol–water partition coefficient (Wildman–Crippen LogP) is 2.89. The van der Waals surface area contributed by atoms with E-state index in [0.29, 0.717) is 62.2 Å². The summed E-state index contributed by atoms with van der Waals surface area (Å²) in [5.41, 5.74) is 1.90. The van der Waals surface area contributed by atoms with Gasteiger partial charge < -0.3 is 14.9 Å². The molecule has 3 aromatic heterocycles. The van der Waals surface area contributed by atoms with Gasteiger partial charge in [-0.05, 0) is 25.8 Å². The van der Waals surface area contributed by atoms with Crippen LogP contribution in [-0.4, -0.2) is 55.6 Å². The average Bonchev–Trinajstić information content (AvgIpc) is 2.84. The van der Waals surface area contributed by atoms with E-state index in [4.69, 9.17) is 4.98 Å². The van der Waals surface area contributed by atoms with Gasteiger partial charge in [-0.3, -0.25) is 4.79 Å². The lowest BCUT2D eigenvalue weighted by Gasteiger charge is -2.36. The highest BCUT2D eigenvalue weighted by Crippen LogP contribution is 2.34. The molecule has 0 aromatic carbocycles. The maximum Gasteiger partial charge on any atom is 0.306 e. The third-order valence-corrected chi connectivity index (χ3v) is 6.40. The van der Waals surface area contributed by atoms with Crippen molar-refractivity contribution in [2.24, 2.45) is 5.92 Å². The summed E-state index contributed by atoms with van der Waals surface area (Å²) in [5.74, 6) is 0.593. The van der Waals surface area contributed by atoms with Gasteiger partial charge >= 0.3 is 5.97 Å². The average molecular weight is 449 g/mol. The van der Waals surface area contributed by atoms with Crippen molar-refractivity contribution in [3.05, 3.63) is 53.9 Å². The third-order valence-electron chi connectivity index (χ3n) is 6.40. The molecule has 5 heterocycles.